The van der Waals surface area contributed by atoms with Crippen molar-refractivity contribution >= 4 is 37.3 Å². The maximum absolute atomic E-state index is 12.9. The molecule has 9 nitrogen and oxygen atoms in total. The molecule has 0 aliphatic carbocycles. The lowest BCUT2D eigenvalue weighted by atomic mass is 10.2. The van der Waals surface area contributed by atoms with Gasteiger partial charge in [0, 0.05) is 25.8 Å². The number of carbonyl (C=O) groups excluding carboxylic acids is 1. The third-order valence-corrected chi connectivity index (χ3v) is 9.08. The predicted molar refractivity (Wildman–Crippen MR) is 137 cm³/mol. The molecule has 1 saturated heterocycles. The van der Waals surface area contributed by atoms with Crippen LogP contribution in [-0.4, -0.2) is 59.5 Å². The Labute approximate surface area is 208 Å². The monoisotopic (exact) mass is 523 g/mol. The van der Waals surface area contributed by atoms with E-state index >= 15 is 0 Å². The van der Waals surface area contributed by atoms with Crippen molar-refractivity contribution < 1.29 is 26.4 Å². The lowest BCUT2D eigenvalue weighted by molar-refractivity contribution is -0.122. The number of carbonyl (C=O) groups is 1. The van der Waals surface area contributed by atoms with E-state index in [0.29, 0.717) is 36.6 Å². The first-order chi connectivity index (χ1) is 16.5. The van der Waals surface area contributed by atoms with Gasteiger partial charge < -0.3 is 10.1 Å². The predicted octanol–water partition coefficient (Wildman–Crippen LogP) is 3.44. The van der Waals surface area contributed by atoms with Gasteiger partial charge in [-0.15, -0.1) is 0 Å². The fourth-order valence-electron chi connectivity index (χ4n) is 3.78. The Hall–Kier alpha value is -2.63. The average molecular weight is 524 g/mol. The summed E-state index contributed by atoms with van der Waals surface area (Å²) in [6.07, 6.45) is 4.54. The second-order valence-corrected chi connectivity index (χ2v) is 12.5. The Bertz CT molecular complexity index is 1200. The van der Waals surface area contributed by atoms with Crippen LogP contribution in [0.15, 0.2) is 53.4 Å². The smallest absolute Gasteiger partial charge is 0.265 e. The molecule has 0 radical (unpaired) electrons. The molecule has 1 heterocycles. The van der Waals surface area contributed by atoms with Gasteiger partial charge in [0.25, 0.3) is 5.91 Å². The molecule has 0 aromatic heterocycles. The van der Waals surface area contributed by atoms with Gasteiger partial charge in [-0.25, -0.2) is 16.8 Å². The molecule has 1 fully saturated rings. The highest BCUT2D eigenvalue weighted by atomic mass is 32.2. The maximum Gasteiger partial charge on any atom is 0.265 e. The Morgan fingerprint density at radius 1 is 0.971 bits per heavy atom. The molecule has 2 aromatic rings. The molecular formula is C24H33N3O6S2. The summed E-state index contributed by atoms with van der Waals surface area (Å²) in [6.45, 7) is 2.87. The zero-order valence-corrected chi connectivity index (χ0v) is 21.9. The van der Waals surface area contributed by atoms with Gasteiger partial charge in [0.2, 0.25) is 20.0 Å². The molecule has 0 spiro atoms. The van der Waals surface area contributed by atoms with Gasteiger partial charge in [-0.2, -0.15) is 4.31 Å². The highest BCUT2D eigenvalue weighted by Crippen LogP contribution is 2.24. The first-order valence-corrected chi connectivity index (χ1v) is 14.9. The first-order valence-electron chi connectivity index (χ1n) is 11.6. The molecule has 35 heavy (non-hydrogen) atoms. The van der Waals surface area contributed by atoms with Crippen molar-refractivity contribution in [3.63, 3.8) is 0 Å². The van der Waals surface area contributed by atoms with Gasteiger partial charge >= 0.3 is 0 Å². The second-order valence-electron chi connectivity index (χ2n) is 8.57. The summed E-state index contributed by atoms with van der Waals surface area (Å²) in [6, 6.07) is 12.6. The summed E-state index contributed by atoms with van der Waals surface area (Å²) in [5.74, 6) is 0.0597. The Morgan fingerprint density at radius 3 is 2.06 bits per heavy atom. The zero-order valence-electron chi connectivity index (χ0n) is 20.3. The van der Waals surface area contributed by atoms with Crippen molar-refractivity contribution in [3.8, 4) is 5.75 Å². The number of rotatable bonds is 9. The topological polar surface area (TPSA) is 113 Å². The van der Waals surface area contributed by atoms with Gasteiger partial charge in [0.05, 0.1) is 16.8 Å². The van der Waals surface area contributed by atoms with E-state index in [1.54, 1.807) is 36.4 Å². The van der Waals surface area contributed by atoms with Crippen molar-refractivity contribution in [1.82, 2.24) is 4.31 Å². The van der Waals surface area contributed by atoms with E-state index in [1.807, 2.05) is 6.92 Å². The summed E-state index contributed by atoms with van der Waals surface area (Å²) >= 11 is 0. The first kappa shape index (κ1) is 27.0. The number of sulfonamides is 2. The number of anilines is 2. The van der Waals surface area contributed by atoms with E-state index in [2.05, 4.69) is 5.32 Å². The van der Waals surface area contributed by atoms with Crippen LogP contribution in [0.3, 0.4) is 0 Å². The SMILES string of the molecule is CC[C@H](Oc1ccc(N(C)S(C)(=O)=O)cc1)C(=O)Nc1ccc(S(=O)(=O)N2CCCCCC2)cc1. The molecule has 2 aromatic carbocycles. The third kappa shape index (κ3) is 6.96. The van der Waals surface area contributed by atoms with Crippen LogP contribution in [0.1, 0.15) is 39.0 Å². The van der Waals surface area contributed by atoms with Crippen molar-refractivity contribution in [2.75, 3.05) is 36.0 Å². The summed E-state index contributed by atoms with van der Waals surface area (Å²) in [5.41, 5.74) is 0.949. The molecule has 3 rings (SSSR count). The van der Waals surface area contributed by atoms with Crippen LogP contribution in [0.25, 0.3) is 0 Å². The molecule has 1 atom stereocenters. The molecule has 0 bridgehead atoms. The van der Waals surface area contributed by atoms with Gasteiger partial charge in [-0.05, 0) is 67.8 Å². The van der Waals surface area contributed by atoms with E-state index in [0.717, 1.165) is 36.2 Å². The van der Waals surface area contributed by atoms with Gasteiger partial charge in [-0.3, -0.25) is 9.10 Å². The van der Waals surface area contributed by atoms with E-state index in [1.165, 1.54) is 23.5 Å². The van der Waals surface area contributed by atoms with Crippen molar-refractivity contribution in [2.45, 2.75) is 50.0 Å². The van der Waals surface area contributed by atoms with Crippen molar-refractivity contribution in [2.24, 2.45) is 0 Å². The van der Waals surface area contributed by atoms with Crippen molar-refractivity contribution in [1.29, 1.82) is 0 Å². The van der Waals surface area contributed by atoms with Gasteiger partial charge in [0.1, 0.15) is 5.75 Å². The highest BCUT2D eigenvalue weighted by Gasteiger charge is 2.25. The fraction of sp³-hybridized carbons (Fsp3) is 0.458. The number of ether oxygens (including phenoxy) is 1. The molecule has 0 saturated carbocycles. The van der Waals surface area contributed by atoms with E-state index in [-0.39, 0.29) is 10.8 Å². The van der Waals surface area contributed by atoms with Crippen LogP contribution in [0.5, 0.6) is 5.75 Å². The Morgan fingerprint density at radius 2 is 1.54 bits per heavy atom. The van der Waals surface area contributed by atoms with Crippen LogP contribution in [-0.2, 0) is 24.8 Å². The number of hydrogen-bond acceptors (Lipinski definition) is 6. The number of nitrogens with zero attached hydrogens (tertiary/aromatic N) is 2. The Kier molecular flexibility index (Phi) is 8.79. The van der Waals surface area contributed by atoms with E-state index in [4.69, 9.17) is 4.74 Å². The van der Waals surface area contributed by atoms with Crippen molar-refractivity contribution in [3.05, 3.63) is 48.5 Å². The quantitative estimate of drug-likeness (QED) is 0.539. The standard InChI is InChI=1S/C24H33N3O6S2/c1-4-23(33-21-13-11-20(12-14-21)26(2)34(3,29)30)24(28)25-19-9-15-22(16-10-19)35(31,32)27-17-7-5-6-8-18-27/h9-16,23H,4-8,17-18H2,1-3H3,(H,25,28)/t23-/m0/s1. The normalized spacial score (nSPS) is 16.2. The summed E-state index contributed by atoms with van der Waals surface area (Å²) in [5, 5.41) is 2.77. The van der Waals surface area contributed by atoms with Crippen LogP contribution in [0, 0.1) is 0 Å². The van der Waals surface area contributed by atoms with Crippen LogP contribution < -0.4 is 14.4 Å². The fourth-order valence-corrected chi connectivity index (χ4v) is 5.80. The van der Waals surface area contributed by atoms with E-state index in [9.17, 15) is 21.6 Å². The highest BCUT2D eigenvalue weighted by molar-refractivity contribution is 7.92. The number of benzene rings is 2. The van der Waals surface area contributed by atoms with E-state index < -0.39 is 26.2 Å². The zero-order chi connectivity index (χ0) is 25.6. The lowest BCUT2D eigenvalue weighted by Gasteiger charge is -2.20. The summed E-state index contributed by atoms with van der Waals surface area (Å²) in [4.78, 5) is 13.0. The number of hydrogen-bond donors (Lipinski definition) is 1. The van der Waals surface area contributed by atoms with Crippen LogP contribution in [0.2, 0.25) is 0 Å². The largest absolute Gasteiger partial charge is 0.481 e. The molecule has 1 aliphatic heterocycles. The molecule has 11 heteroatoms. The maximum atomic E-state index is 12.9. The second kappa shape index (κ2) is 11.4. The molecule has 0 unspecified atom stereocenters. The minimum absolute atomic E-state index is 0.208. The Balaban J connectivity index is 1.64. The molecule has 1 N–H and O–H groups in total. The van der Waals surface area contributed by atoms with Crippen LogP contribution in [0.4, 0.5) is 11.4 Å². The average Bonchev–Trinajstić information content (AvgIpc) is 3.12. The molecule has 192 valence electrons. The number of nitrogens with one attached hydrogen (secondary N) is 1. The minimum Gasteiger partial charge on any atom is -0.481 e. The minimum atomic E-state index is -3.56. The van der Waals surface area contributed by atoms with Crippen LogP contribution >= 0.6 is 0 Å². The molecule has 1 amide bonds. The number of amides is 1. The van der Waals surface area contributed by atoms with Gasteiger partial charge in [0.15, 0.2) is 6.10 Å². The lowest BCUT2D eigenvalue weighted by Crippen LogP contribution is -2.33. The van der Waals surface area contributed by atoms with Gasteiger partial charge in [-0.1, -0.05) is 19.8 Å². The third-order valence-electron chi connectivity index (χ3n) is 5.96. The molecule has 1 aliphatic rings. The molecular weight excluding hydrogens is 490 g/mol. The summed E-state index contributed by atoms with van der Waals surface area (Å²) < 4.78 is 57.7. The summed E-state index contributed by atoms with van der Waals surface area (Å²) in [7, 11) is -5.48.